The number of aromatic amines is 2. The van der Waals surface area contributed by atoms with Crippen molar-refractivity contribution in [1.82, 2.24) is 9.97 Å². The molecule has 0 bridgehead atoms. The van der Waals surface area contributed by atoms with Crippen molar-refractivity contribution in [2.45, 2.75) is 84.7 Å². The van der Waals surface area contributed by atoms with E-state index in [9.17, 15) is 14.7 Å². The summed E-state index contributed by atoms with van der Waals surface area (Å²) < 4.78 is 6.29. The van der Waals surface area contributed by atoms with Crippen LogP contribution in [0.15, 0.2) is 29.1 Å². The second-order valence-corrected chi connectivity index (χ2v) is 10.7. The Balaban J connectivity index is 1.94. The third-order valence-corrected chi connectivity index (χ3v) is 7.48. The van der Waals surface area contributed by atoms with Crippen LogP contribution in [0, 0.1) is 0 Å². The summed E-state index contributed by atoms with van der Waals surface area (Å²) in [5.41, 5.74) is 2.16. The van der Waals surface area contributed by atoms with Gasteiger partial charge < -0.3 is 25.1 Å². The molecule has 0 aliphatic rings. The van der Waals surface area contributed by atoms with E-state index in [1.165, 1.54) is 11.6 Å². The molecule has 1 amide bonds. The fourth-order valence-corrected chi connectivity index (χ4v) is 4.15. The Hall–Kier alpha value is -2.93. The van der Waals surface area contributed by atoms with Gasteiger partial charge in [-0.25, -0.2) is 4.79 Å². The molecule has 7 nitrogen and oxygen atoms in total. The quantitative estimate of drug-likeness (QED) is 0.255. The molecule has 0 saturated heterocycles. The van der Waals surface area contributed by atoms with Gasteiger partial charge in [0.2, 0.25) is 0 Å². The average Bonchev–Trinajstić information content (AvgIpc) is 3.23. The van der Waals surface area contributed by atoms with Crippen LogP contribution in [-0.2, 0) is 15.6 Å². The number of carbonyl (C=O) groups excluding carboxylic acids is 1. The number of imidazole rings is 1. The SMILES string of the molecule is CCC(Oc1ccc(C(C)(C)CC)cc1C(C)(C)CC)C(=O)Nc1cc(Cl)c2[nH]c(=O)[nH]c2c1O. The zero-order chi connectivity index (χ0) is 26.1. The summed E-state index contributed by atoms with van der Waals surface area (Å²) in [5.74, 6) is -0.0265. The van der Waals surface area contributed by atoms with Crippen LogP contribution in [0.25, 0.3) is 11.0 Å². The Morgan fingerprint density at radius 1 is 1.06 bits per heavy atom. The number of rotatable bonds is 9. The number of aromatic nitrogens is 2. The van der Waals surface area contributed by atoms with Gasteiger partial charge in [-0.1, -0.05) is 72.2 Å². The van der Waals surface area contributed by atoms with Gasteiger partial charge in [0.1, 0.15) is 11.3 Å². The topological polar surface area (TPSA) is 107 Å². The monoisotopic (exact) mass is 501 g/mol. The minimum Gasteiger partial charge on any atom is -0.504 e. The van der Waals surface area contributed by atoms with Gasteiger partial charge in [0.25, 0.3) is 5.91 Å². The highest BCUT2D eigenvalue weighted by Gasteiger charge is 2.29. The minimum absolute atomic E-state index is 0.0211. The molecule has 2 aromatic carbocycles. The van der Waals surface area contributed by atoms with Gasteiger partial charge in [-0.05, 0) is 47.8 Å². The Labute approximate surface area is 211 Å². The molecule has 3 rings (SSSR count). The van der Waals surface area contributed by atoms with E-state index >= 15 is 0 Å². The maximum atomic E-state index is 13.2. The Morgan fingerprint density at radius 2 is 1.69 bits per heavy atom. The first-order valence-electron chi connectivity index (χ1n) is 12.1. The number of phenolic OH excluding ortho intramolecular Hbond substituents is 1. The fourth-order valence-electron chi connectivity index (χ4n) is 3.90. The van der Waals surface area contributed by atoms with Gasteiger partial charge in [-0.15, -0.1) is 0 Å². The van der Waals surface area contributed by atoms with Crippen LogP contribution in [0.5, 0.6) is 11.5 Å². The number of halogens is 1. The lowest BCUT2D eigenvalue weighted by atomic mass is 9.76. The van der Waals surface area contributed by atoms with Crippen molar-refractivity contribution in [3.05, 3.63) is 50.9 Å². The summed E-state index contributed by atoms with van der Waals surface area (Å²) in [4.78, 5) is 29.8. The first kappa shape index (κ1) is 26.7. The summed E-state index contributed by atoms with van der Waals surface area (Å²) in [6.07, 6.45) is 1.52. The van der Waals surface area contributed by atoms with E-state index in [0.29, 0.717) is 12.2 Å². The number of H-pyrrole nitrogens is 2. The van der Waals surface area contributed by atoms with E-state index in [-0.39, 0.29) is 38.3 Å². The second kappa shape index (κ2) is 9.97. The van der Waals surface area contributed by atoms with E-state index < -0.39 is 17.7 Å². The van der Waals surface area contributed by atoms with Gasteiger partial charge in [0.15, 0.2) is 11.9 Å². The summed E-state index contributed by atoms with van der Waals surface area (Å²) in [5, 5.41) is 13.5. The molecule has 3 aromatic rings. The standard InChI is InChI=1S/C27H36ClN3O4/c1-8-19(24(33)29-18-14-17(28)21-22(23(18)32)31-25(34)30-21)35-20-12-11-15(26(4,5)9-2)13-16(20)27(6,7)10-3/h11-14,19,32H,8-10H2,1-7H3,(H,29,33)(H2,30,31,34). The predicted molar refractivity (Wildman–Crippen MR) is 142 cm³/mol. The number of phenols is 1. The predicted octanol–water partition coefficient (Wildman–Crippen LogP) is 6.39. The molecular weight excluding hydrogens is 466 g/mol. The zero-order valence-corrected chi connectivity index (χ0v) is 22.3. The molecule has 8 heteroatoms. The number of ether oxygens (including phenoxy) is 1. The van der Waals surface area contributed by atoms with Crippen LogP contribution in [-0.4, -0.2) is 27.1 Å². The van der Waals surface area contributed by atoms with Crippen molar-refractivity contribution in [3.63, 3.8) is 0 Å². The van der Waals surface area contributed by atoms with E-state index in [1.807, 2.05) is 13.0 Å². The summed E-state index contributed by atoms with van der Waals surface area (Å²) in [6, 6.07) is 7.64. The lowest BCUT2D eigenvalue weighted by Gasteiger charge is -2.31. The number of hydrogen-bond donors (Lipinski definition) is 4. The third-order valence-electron chi connectivity index (χ3n) is 7.18. The minimum atomic E-state index is -0.800. The van der Waals surface area contributed by atoms with Crippen LogP contribution in [0.1, 0.15) is 78.9 Å². The number of carbonyl (C=O) groups is 1. The zero-order valence-electron chi connectivity index (χ0n) is 21.6. The Kier molecular flexibility index (Phi) is 7.60. The number of amides is 1. The maximum Gasteiger partial charge on any atom is 0.323 e. The smallest absolute Gasteiger partial charge is 0.323 e. The largest absolute Gasteiger partial charge is 0.504 e. The van der Waals surface area contributed by atoms with Crippen LogP contribution in [0.2, 0.25) is 5.02 Å². The van der Waals surface area contributed by atoms with Crippen molar-refractivity contribution in [1.29, 1.82) is 0 Å². The van der Waals surface area contributed by atoms with Crippen molar-refractivity contribution in [2.24, 2.45) is 0 Å². The maximum absolute atomic E-state index is 13.2. The molecule has 0 aliphatic heterocycles. The van der Waals surface area contributed by atoms with Gasteiger partial charge >= 0.3 is 5.69 Å². The lowest BCUT2D eigenvalue weighted by Crippen LogP contribution is -2.33. The summed E-state index contributed by atoms with van der Waals surface area (Å²) in [6.45, 7) is 15.0. The van der Waals surface area contributed by atoms with Gasteiger partial charge in [0.05, 0.1) is 16.2 Å². The van der Waals surface area contributed by atoms with Crippen molar-refractivity contribution < 1.29 is 14.6 Å². The highest BCUT2D eigenvalue weighted by molar-refractivity contribution is 6.35. The van der Waals surface area contributed by atoms with Crippen LogP contribution in [0.3, 0.4) is 0 Å². The molecule has 0 radical (unpaired) electrons. The number of fused-ring (bicyclic) bond motifs is 1. The Morgan fingerprint density at radius 3 is 2.29 bits per heavy atom. The Bertz CT molecular complexity index is 1290. The van der Waals surface area contributed by atoms with E-state index in [1.54, 1.807) is 0 Å². The molecule has 1 heterocycles. The highest BCUT2D eigenvalue weighted by atomic mass is 35.5. The number of benzene rings is 2. The average molecular weight is 502 g/mol. The second-order valence-electron chi connectivity index (χ2n) is 10.3. The molecule has 1 unspecified atom stereocenters. The molecule has 0 aliphatic carbocycles. The molecular formula is C27H36ClN3O4. The van der Waals surface area contributed by atoms with E-state index in [0.717, 1.165) is 18.4 Å². The molecule has 35 heavy (non-hydrogen) atoms. The molecule has 1 atom stereocenters. The fraction of sp³-hybridized carbons (Fsp3) is 0.481. The van der Waals surface area contributed by atoms with Gasteiger partial charge in [0, 0.05) is 5.56 Å². The first-order valence-corrected chi connectivity index (χ1v) is 12.5. The van der Waals surface area contributed by atoms with Crippen molar-refractivity contribution in [2.75, 3.05) is 5.32 Å². The molecule has 0 saturated carbocycles. The molecule has 1 aromatic heterocycles. The number of aromatic hydroxyl groups is 1. The molecule has 0 fully saturated rings. The highest BCUT2D eigenvalue weighted by Crippen LogP contribution is 2.39. The van der Waals surface area contributed by atoms with Gasteiger partial charge in [-0.3, -0.25) is 4.79 Å². The van der Waals surface area contributed by atoms with E-state index in [2.05, 4.69) is 69.0 Å². The third kappa shape index (κ3) is 5.35. The lowest BCUT2D eigenvalue weighted by molar-refractivity contribution is -0.122. The van der Waals surface area contributed by atoms with Crippen LogP contribution >= 0.6 is 11.6 Å². The number of nitrogens with one attached hydrogen (secondary N) is 3. The van der Waals surface area contributed by atoms with Crippen molar-refractivity contribution >= 4 is 34.2 Å². The van der Waals surface area contributed by atoms with E-state index in [4.69, 9.17) is 16.3 Å². The number of hydrogen-bond acceptors (Lipinski definition) is 4. The number of anilines is 1. The normalized spacial score (nSPS) is 13.1. The molecule has 4 N–H and O–H groups in total. The van der Waals surface area contributed by atoms with Crippen LogP contribution in [0.4, 0.5) is 5.69 Å². The summed E-state index contributed by atoms with van der Waals surface area (Å²) >= 11 is 6.24. The van der Waals surface area contributed by atoms with Crippen LogP contribution < -0.4 is 15.7 Å². The van der Waals surface area contributed by atoms with Gasteiger partial charge in [-0.2, -0.15) is 0 Å². The summed E-state index contributed by atoms with van der Waals surface area (Å²) in [7, 11) is 0. The molecule has 190 valence electrons. The first-order chi connectivity index (χ1) is 16.3. The van der Waals surface area contributed by atoms with Crippen molar-refractivity contribution in [3.8, 4) is 11.5 Å². The molecule has 0 spiro atoms.